The van der Waals surface area contributed by atoms with Crippen molar-refractivity contribution in [2.75, 3.05) is 13.6 Å². The lowest BCUT2D eigenvalue weighted by Gasteiger charge is -2.23. The predicted octanol–water partition coefficient (Wildman–Crippen LogP) is 2.26. The minimum atomic E-state index is -0.717. The van der Waals surface area contributed by atoms with Gasteiger partial charge in [-0.1, -0.05) is 19.1 Å². The summed E-state index contributed by atoms with van der Waals surface area (Å²) in [6, 6.07) is 0. The summed E-state index contributed by atoms with van der Waals surface area (Å²) in [5, 5.41) is 8.52. The van der Waals surface area contributed by atoms with Crippen molar-refractivity contribution in [1.82, 2.24) is 4.90 Å². The first-order chi connectivity index (χ1) is 7.09. The van der Waals surface area contributed by atoms with Crippen LogP contribution in [0.4, 0.5) is 0 Å². The highest BCUT2D eigenvalue weighted by Gasteiger charge is 2.07. The van der Waals surface area contributed by atoms with E-state index in [4.69, 9.17) is 5.11 Å². The van der Waals surface area contributed by atoms with Crippen LogP contribution in [0.5, 0.6) is 0 Å². The van der Waals surface area contributed by atoms with Gasteiger partial charge in [-0.2, -0.15) is 0 Å². The minimum Gasteiger partial charge on any atom is -0.481 e. The quantitative estimate of drug-likeness (QED) is 0.755. The van der Waals surface area contributed by atoms with Crippen molar-refractivity contribution in [2.45, 2.75) is 26.2 Å². The first-order valence-corrected chi connectivity index (χ1v) is 5.41. The lowest BCUT2D eigenvalue weighted by molar-refractivity contribution is -0.137. The van der Waals surface area contributed by atoms with Gasteiger partial charge >= 0.3 is 5.97 Å². The summed E-state index contributed by atoms with van der Waals surface area (Å²) >= 11 is 0. The van der Waals surface area contributed by atoms with E-state index >= 15 is 0 Å². The van der Waals surface area contributed by atoms with Crippen LogP contribution >= 0.6 is 0 Å². The van der Waals surface area contributed by atoms with Gasteiger partial charge in [0, 0.05) is 25.7 Å². The molecule has 1 aliphatic rings. The lowest BCUT2D eigenvalue weighted by Crippen LogP contribution is -2.20. The highest BCUT2D eigenvalue weighted by molar-refractivity contribution is 5.66. The molecule has 3 heteroatoms. The average molecular weight is 209 g/mol. The molecule has 15 heavy (non-hydrogen) atoms. The number of hydrogen-bond acceptors (Lipinski definition) is 2. The Kier molecular flexibility index (Phi) is 4.40. The number of hydrogen-bond donors (Lipinski definition) is 1. The Morgan fingerprint density at radius 1 is 1.67 bits per heavy atom. The van der Waals surface area contributed by atoms with Gasteiger partial charge in [-0.15, -0.1) is 0 Å². The standard InChI is InChI=1S/C12H19NO2/c1-10-5-7-11(8-6-10)13(2)9-3-4-12(14)15/h5,7-8,10H,3-4,6,9H2,1-2H3,(H,14,15). The van der Waals surface area contributed by atoms with Crippen LogP contribution in [0.25, 0.3) is 0 Å². The van der Waals surface area contributed by atoms with Gasteiger partial charge in [0.2, 0.25) is 0 Å². The Labute approximate surface area is 91.1 Å². The summed E-state index contributed by atoms with van der Waals surface area (Å²) in [5.41, 5.74) is 1.21. The molecule has 0 amide bonds. The van der Waals surface area contributed by atoms with Gasteiger partial charge in [0.05, 0.1) is 0 Å². The normalized spacial score (nSPS) is 19.9. The molecule has 0 aromatic carbocycles. The molecule has 0 spiro atoms. The zero-order valence-electron chi connectivity index (χ0n) is 9.44. The van der Waals surface area contributed by atoms with Gasteiger partial charge < -0.3 is 10.0 Å². The highest BCUT2D eigenvalue weighted by Crippen LogP contribution is 2.17. The number of allylic oxidation sites excluding steroid dienone is 3. The molecule has 0 aliphatic heterocycles. The summed E-state index contributed by atoms with van der Waals surface area (Å²) in [4.78, 5) is 12.5. The second kappa shape index (κ2) is 5.59. The van der Waals surface area contributed by atoms with Crippen molar-refractivity contribution in [3.8, 4) is 0 Å². The van der Waals surface area contributed by atoms with Crippen molar-refractivity contribution in [3.63, 3.8) is 0 Å². The number of aliphatic carboxylic acids is 1. The Morgan fingerprint density at radius 2 is 2.40 bits per heavy atom. The Bertz CT molecular complexity index is 281. The van der Waals surface area contributed by atoms with E-state index in [2.05, 4.69) is 30.1 Å². The summed E-state index contributed by atoms with van der Waals surface area (Å²) in [6.07, 6.45) is 8.56. The molecule has 0 fully saturated rings. The van der Waals surface area contributed by atoms with Gasteiger partial charge in [-0.05, 0) is 24.8 Å². The fourth-order valence-corrected chi connectivity index (χ4v) is 1.60. The van der Waals surface area contributed by atoms with Crippen LogP contribution in [-0.2, 0) is 4.79 Å². The summed E-state index contributed by atoms with van der Waals surface area (Å²) in [5.74, 6) is -0.0913. The maximum absolute atomic E-state index is 10.4. The molecule has 1 rings (SSSR count). The second-order valence-electron chi connectivity index (χ2n) is 4.12. The molecule has 0 heterocycles. The smallest absolute Gasteiger partial charge is 0.303 e. The SMILES string of the molecule is CC1C=CC(N(C)CCCC(=O)O)=CC1. The van der Waals surface area contributed by atoms with Crippen molar-refractivity contribution >= 4 is 5.97 Å². The van der Waals surface area contributed by atoms with Crippen molar-refractivity contribution < 1.29 is 9.90 Å². The van der Waals surface area contributed by atoms with Crippen LogP contribution in [0.2, 0.25) is 0 Å². The molecule has 1 aliphatic carbocycles. The number of rotatable bonds is 5. The van der Waals surface area contributed by atoms with E-state index in [1.54, 1.807) is 0 Å². The maximum atomic E-state index is 10.4. The molecule has 0 bridgehead atoms. The molecular formula is C12H19NO2. The van der Waals surface area contributed by atoms with Crippen LogP contribution in [0, 0.1) is 5.92 Å². The average Bonchev–Trinajstić information content (AvgIpc) is 2.18. The molecule has 0 aromatic rings. The molecule has 3 nitrogen and oxygen atoms in total. The number of carbonyl (C=O) groups is 1. The number of likely N-dealkylation sites (N-methyl/N-ethyl adjacent to an activating group) is 1. The van der Waals surface area contributed by atoms with Crippen LogP contribution in [0.15, 0.2) is 23.9 Å². The fraction of sp³-hybridized carbons (Fsp3) is 0.583. The van der Waals surface area contributed by atoms with Crippen molar-refractivity contribution in [2.24, 2.45) is 5.92 Å². The first kappa shape index (κ1) is 11.8. The van der Waals surface area contributed by atoms with E-state index < -0.39 is 5.97 Å². The van der Waals surface area contributed by atoms with Gasteiger partial charge in [-0.3, -0.25) is 4.79 Å². The van der Waals surface area contributed by atoms with Crippen LogP contribution in [0.1, 0.15) is 26.2 Å². The fourth-order valence-electron chi connectivity index (χ4n) is 1.60. The molecule has 0 saturated carbocycles. The first-order valence-electron chi connectivity index (χ1n) is 5.41. The van der Waals surface area contributed by atoms with Crippen molar-refractivity contribution in [1.29, 1.82) is 0 Å². The maximum Gasteiger partial charge on any atom is 0.303 e. The summed E-state index contributed by atoms with van der Waals surface area (Å²) in [6.45, 7) is 2.99. The van der Waals surface area contributed by atoms with Gasteiger partial charge in [0.25, 0.3) is 0 Å². The van der Waals surface area contributed by atoms with E-state index in [0.717, 1.165) is 13.0 Å². The summed E-state index contributed by atoms with van der Waals surface area (Å²) < 4.78 is 0. The predicted molar refractivity (Wildman–Crippen MR) is 60.5 cm³/mol. The van der Waals surface area contributed by atoms with E-state index in [1.807, 2.05) is 7.05 Å². The minimum absolute atomic E-state index is 0.248. The molecule has 1 atom stereocenters. The van der Waals surface area contributed by atoms with E-state index in [1.165, 1.54) is 5.70 Å². The lowest BCUT2D eigenvalue weighted by atomic mass is 10.0. The van der Waals surface area contributed by atoms with Crippen LogP contribution in [0.3, 0.4) is 0 Å². The monoisotopic (exact) mass is 209 g/mol. The Balaban J connectivity index is 2.31. The topological polar surface area (TPSA) is 40.5 Å². The second-order valence-corrected chi connectivity index (χ2v) is 4.12. The molecular weight excluding hydrogens is 190 g/mol. The molecule has 1 unspecified atom stereocenters. The zero-order valence-corrected chi connectivity index (χ0v) is 9.44. The Hall–Kier alpha value is -1.25. The molecule has 1 N–H and O–H groups in total. The third-order valence-corrected chi connectivity index (χ3v) is 2.62. The number of carboxylic acid groups (broad SMARTS) is 1. The van der Waals surface area contributed by atoms with Gasteiger partial charge in [-0.25, -0.2) is 0 Å². The molecule has 84 valence electrons. The number of nitrogens with zero attached hydrogens (tertiary/aromatic N) is 1. The van der Waals surface area contributed by atoms with Crippen LogP contribution in [-0.4, -0.2) is 29.6 Å². The number of carboxylic acids is 1. The van der Waals surface area contributed by atoms with Gasteiger partial charge in [0.1, 0.15) is 0 Å². The van der Waals surface area contributed by atoms with E-state index in [0.29, 0.717) is 12.3 Å². The Morgan fingerprint density at radius 3 is 2.93 bits per heavy atom. The van der Waals surface area contributed by atoms with Gasteiger partial charge in [0.15, 0.2) is 0 Å². The van der Waals surface area contributed by atoms with Crippen molar-refractivity contribution in [3.05, 3.63) is 23.9 Å². The van der Waals surface area contributed by atoms with Crippen LogP contribution < -0.4 is 0 Å². The third kappa shape index (κ3) is 4.19. The zero-order chi connectivity index (χ0) is 11.3. The third-order valence-electron chi connectivity index (χ3n) is 2.62. The largest absolute Gasteiger partial charge is 0.481 e. The summed E-state index contributed by atoms with van der Waals surface area (Å²) in [7, 11) is 2.01. The molecule has 0 radical (unpaired) electrons. The molecule has 0 aromatic heterocycles. The van der Waals surface area contributed by atoms with E-state index in [9.17, 15) is 4.79 Å². The van der Waals surface area contributed by atoms with E-state index in [-0.39, 0.29) is 6.42 Å². The molecule has 0 saturated heterocycles. The highest BCUT2D eigenvalue weighted by atomic mass is 16.4.